The van der Waals surface area contributed by atoms with E-state index in [0.29, 0.717) is 13.0 Å². The van der Waals surface area contributed by atoms with Gasteiger partial charge in [0.2, 0.25) is 11.8 Å². The highest BCUT2D eigenvalue weighted by Gasteiger charge is 2.41. The number of ether oxygens (including phenoxy) is 1. The third-order valence-corrected chi connectivity index (χ3v) is 4.55. The van der Waals surface area contributed by atoms with Crippen molar-refractivity contribution in [1.29, 1.82) is 0 Å². The normalized spacial score (nSPS) is 31.5. The van der Waals surface area contributed by atoms with Crippen molar-refractivity contribution in [2.75, 3.05) is 11.5 Å². The van der Waals surface area contributed by atoms with Gasteiger partial charge in [-0.1, -0.05) is 25.1 Å². The van der Waals surface area contributed by atoms with Crippen molar-refractivity contribution in [1.82, 2.24) is 5.32 Å². The van der Waals surface area contributed by atoms with Crippen LogP contribution < -0.4 is 10.2 Å². The molecule has 22 heavy (non-hydrogen) atoms. The first-order valence-corrected chi connectivity index (χ1v) is 7.88. The molecule has 118 valence electrons. The van der Waals surface area contributed by atoms with E-state index in [1.165, 1.54) is 0 Å². The van der Waals surface area contributed by atoms with E-state index in [9.17, 15) is 9.59 Å². The van der Waals surface area contributed by atoms with Gasteiger partial charge in [0.1, 0.15) is 12.1 Å². The van der Waals surface area contributed by atoms with Gasteiger partial charge in [-0.15, -0.1) is 0 Å². The van der Waals surface area contributed by atoms with E-state index < -0.39 is 12.1 Å². The Morgan fingerprint density at radius 1 is 1.27 bits per heavy atom. The zero-order valence-electron chi connectivity index (χ0n) is 13.0. The summed E-state index contributed by atoms with van der Waals surface area (Å²) in [6.45, 7) is 4.63. The van der Waals surface area contributed by atoms with Crippen molar-refractivity contribution in [3.8, 4) is 0 Å². The molecule has 0 bridgehead atoms. The molecule has 2 heterocycles. The molecule has 2 aliphatic heterocycles. The third kappa shape index (κ3) is 2.73. The summed E-state index contributed by atoms with van der Waals surface area (Å²) in [7, 11) is 0. The number of anilines is 1. The second-order valence-corrected chi connectivity index (χ2v) is 6.25. The Kier molecular flexibility index (Phi) is 4.16. The summed E-state index contributed by atoms with van der Waals surface area (Å²) in [6, 6.07) is 9.19. The minimum Gasteiger partial charge on any atom is -0.368 e. The molecule has 2 fully saturated rings. The lowest BCUT2D eigenvalue weighted by atomic mass is 10.0. The van der Waals surface area contributed by atoms with E-state index in [4.69, 9.17) is 4.74 Å². The number of hydrogen-bond donors (Lipinski definition) is 1. The van der Waals surface area contributed by atoms with Gasteiger partial charge in [-0.05, 0) is 37.8 Å². The van der Waals surface area contributed by atoms with Crippen LogP contribution in [-0.2, 0) is 14.3 Å². The zero-order chi connectivity index (χ0) is 15.7. The first-order valence-electron chi connectivity index (χ1n) is 7.88. The maximum atomic E-state index is 12.6. The lowest BCUT2D eigenvalue weighted by Gasteiger charge is -2.22. The number of rotatable bonds is 3. The predicted molar refractivity (Wildman–Crippen MR) is 83.5 cm³/mol. The monoisotopic (exact) mass is 302 g/mol. The number of hydrogen-bond acceptors (Lipinski definition) is 3. The van der Waals surface area contributed by atoms with Crippen LogP contribution in [0.15, 0.2) is 30.3 Å². The summed E-state index contributed by atoms with van der Waals surface area (Å²) in [5.41, 5.74) is 0.877. The largest absolute Gasteiger partial charge is 0.368 e. The van der Waals surface area contributed by atoms with E-state index in [-0.39, 0.29) is 23.8 Å². The molecule has 1 N–H and O–H groups in total. The molecular formula is C17H22N2O3. The van der Waals surface area contributed by atoms with Crippen LogP contribution in [0.1, 0.15) is 26.7 Å². The van der Waals surface area contributed by atoms with E-state index >= 15 is 0 Å². The molecule has 0 unspecified atom stereocenters. The van der Waals surface area contributed by atoms with Gasteiger partial charge in [0.25, 0.3) is 0 Å². The van der Waals surface area contributed by atoms with E-state index in [0.717, 1.165) is 12.1 Å². The van der Waals surface area contributed by atoms with Crippen LogP contribution in [0.2, 0.25) is 0 Å². The van der Waals surface area contributed by atoms with Crippen molar-refractivity contribution in [3.05, 3.63) is 30.3 Å². The van der Waals surface area contributed by atoms with Gasteiger partial charge in [-0.25, -0.2) is 0 Å². The Morgan fingerprint density at radius 3 is 2.64 bits per heavy atom. The van der Waals surface area contributed by atoms with Crippen LogP contribution >= 0.6 is 0 Å². The van der Waals surface area contributed by atoms with Gasteiger partial charge >= 0.3 is 0 Å². The third-order valence-electron chi connectivity index (χ3n) is 4.55. The lowest BCUT2D eigenvalue weighted by Crippen LogP contribution is -2.46. The van der Waals surface area contributed by atoms with Crippen molar-refractivity contribution >= 4 is 17.5 Å². The highest BCUT2D eigenvalue weighted by atomic mass is 16.5. The molecule has 1 aromatic carbocycles. The standard InChI is InChI=1S/C17H22N2O3/c1-11-8-9-22-15(11)16(20)18-14-10-12(2)19(17(14)21)13-6-4-3-5-7-13/h3-7,11-12,14-15H,8-10H2,1-2H3,(H,18,20)/t11-,12+,14+,15+/m1/s1. The molecule has 2 aliphatic rings. The molecule has 4 atom stereocenters. The van der Waals surface area contributed by atoms with Gasteiger partial charge in [-0.2, -0.15) is 0 Å². The Bertz CT molecular complexity index is 560. The quantitative estimate of drug-likeness (QED) is 0.925. The number of amides is 2. The summed E-state index contributed by atoms with van der Waals surface area (Å²) in [6.07, 6.45) is 1.10. The minimum atomic E-state index is -0.459. The summed E-state index contributed by atoms with van der Waals surface area (Å²) >= 11 is 0. The van der Waals surface area contributed by atoms with Crippen molar-refractivity contribution < 1.29 is 14.3 Å². The van der Waals surface area contributed by atoms with E-state index in [1.807, 2.05) is 44.2 Å². The number of para-hydroxylation sites is 1. The smallest absolute Gasteiger partial charge is 0.250 e. The molecule has 5 nitrogen and oxygen atoms in total. The Balaban J connectivity index is 1.69. The molecule has 1 aromatic rings. The van der Waals surface area contributed by atoms with Gasteiger partial charge in [-0.3, -0.25) is 9.59 Å². The molecule has 5 heteroatoms. The van der Waals surface area contributed by atoms with E-state index in [1.54, 1.807) is 4.90 Å². The highest BCUT2D eigenvalue weighted by molar-refractivity contribution is 6.02. The molecular weight excluding hydrogens is 280 g/mol. The fourth-order valence-corrected chi connectivity index (χ4v) is 3.31. The Hall–Kier alpha value is -1.88. The SMILES string of the molecule is C[C@@H]1CCO[C@@H]1C(=O)N[C@H]1C[C@H](C)N(c2ccccc2)C1=O. The summed E-state index contributed by atoms with van der Waals surface area (Å²) in [5, 5.41) is 2.88. The molecule has 0 radical (unpaired) electrons. The van der Waals surface area contributed by atoms with Crippen LogP contribution in [0.5, 0.6) is 0 Å². The number of carbonyl (C=O) groups is 2. The summed E-state index contributed by atoms with van der Waals surface area (Å²) in [4.78, 5) is 26.7. The van der Waals surface area contributed by atoms with Gasteiger partial charge in [0.15, 0.2) is 0 Å². The predicted octanol–water partition coefficient (Wildman–Crippen LogP) is 1.72. The fourth-order valence-electron chi connectivity index (χ4n) is 3.31. The highest BCUT2D eigenvalue weighted by Crippen LogP contribution is 2.27. The topological polar surface area (TPSA) is 58.6 Å². The van der Waals surface area contributed by atoms with Crippen molar-refractivity contribution in [2.45, 2.75) is 44.9 Å². The fraction of sp³-hybridized carbons (Fsp3) is 0.529. The number of nitrogens with zero attached hydrogens (tertiary/aromatic N) is 1. The maximum Gasteiger partial charge on any atom is 0.250 e. The summed E-state index contributed by atoms with van der Waals surface area (Å²) in [5.74, 6) is 0.00215. The lowest BCUT2D eigenvalue weighted by molar-refractivity contribution is -0.134. The molecule has 2 amide bonds. The average Bonchev–Trinajstić information content (AvgIpc) is 3.04. The Labute approximate surface area is 130 Å². The molecule has 3 rings (SSSR count). The molecule has 0 aromatic heterocycles. The van der Waals surface area contributed by atoms with Crippen LogP contribution in [0, 0.1) is 5.92 Å². The molecule has 0 aliphatic carbocycles. The molecule has 0 saturated carbocycles. The Morgan fingerprint density at radius 2 is 2.00 bits per heavy atom. The van der Waals surface area contributed by atoms with Crippen LogP contribution in [0.25, 0.3) is 0 Å². The van der Waals surface area contributed by atoms with Crippen molar-refractivity contribution in [2.24, 2.45) is 5.92 Å². The van der Waals surface area contributed by atoms with Crippen LogP contribution in [-0.4, -0.2) is 36.6 Å². The van der Waals surface area contributed by atoms with Gasteiger partial charge in [0.05, 0.1) is 0 Å². The second kappa shape index (κ2) is 6.08. The summed E-state index contributed by atoms with van der Waals surface area (Å²) < 4.78 is 5.47. The second-order valence-electron chi connectivity index (χ2n) is 6.25. The minimum absolute atomic E-state index is 0.0438. The van der Waals surface area contributed by atoms with E-state index in [2.05, 4.69) is 5.32 Å². The average molecular weight is 302 g/mol. The zero-order valence-corrected chi connectivity index (χ0v) is 13.0. The van der Waals surface area contributed by atoms with Gasteiger partial charge < -0.3 is 15.0 Å². The van der Waals surface area contributed by atoms with Crippen molar-refractivity contribution in [3.63, 3.8) is 0 Å². The molecule has 2 saturated heterocycles. The molecule has 0 spiro atoms. The first-order chi connectivity index (χ1) is 10.6. The van der Waals surface area contributed by atoms with Gasteiger partial charge in [0, 0.05) is 18.3 Å². The van der Waals surface area contributed by atoms with Crippen LogP contribution in [0.4, 0.5) is 5.69 Å². The maximum absolute atomic E-state index is 12.6. The first kappa shape index (κ1) is 15.0. The number of carbonyl (C=O) groups excluding carboxylic acids is 2. The van der Waals surface area contributed by atoms with Crippen LogP contribution in [0.3, 0.4) is 0 Å². The number of nitrogens with one attached hydrogen (secondary N) is 1. The number of benzene rings is 1.